The second kappa shape index (κ2) is 7.82. The predicted octanol–water partition coefficient (Wildman–Crippen LogP) is 7.00. The van der Waals surface area contributed by atoms with Crippen LogP contribution in [0.2, 0.25) is 0 Å². The fourth-order valence-corrected chi connectivity index (χ4v) is 4.14. The zero-order valence-electron chi connectivity index (χ0n) is 18.2. The molecule has 2 heterocycles. The molecule has 0 aliphatic heterocycles. The highest BCUT2D eigenvalue weighted by molar-refractivity contribution is 6.16. The number of fused-ring (bicyclic) bond motifs is 2. The molecular formula is C28H10N4O4. The van der Waals surface area contributed by atoms with E-state index >= 15 is 0 Å². The molecule has 0 unspecified atom stereocenters. The maximum atomic E-state index is 9.48. The molecule has 0 N–H and O–H groups in total. The van der Waals surface area contributed by atoms with Crippen molar-refractivity contribution >= 4 is 55.4 Å². The molecule has 6 rings (SSSR count). The molecule has 0 amide bonds. The van der Waals surface area contributed by atoms with Crippen LogP contribution < -0.4 is 0 Å². The minimum absolute atomic E-state index is 0.152. The van der Waals surface area contributed by atoms with Gasteiger partial charge in [-0.05, 0) is 24.3 Å². The van der Waals surface area contributed by atoms with E-state index in [4.69, 9.17) is 17.7 Å². The van der Waals surface area contributed by atoms with Crippen LogP contribution in [0.3, 0.4) is 0 Å². The Morgan fingerprint density at radius 2 is 0.639 bits per heavy atom. The third-order valence-corrected chi connectivity index (χ3v) is 5.76. The van der Waals surface area contributed by atoms with Gasteiger partial charge in [0.2, 0.25) is 0 Å². The number of nitriles is 4. The first-order valence-electron chi connectivity index (χ1n) is 10.6. The molecule has 2 aromatic heterocycles. The highest BCUT2D eigenvalue weighted by atomic mass is 16.4. The third-order valence-electron chi connectivity index (χ3n) is 5.76. The van der Waals surface area contributed by atoms with Crippen molar-refractivity contribution in [1.29, 1.82) is 21.0 Å². The highest BCUT2D eigenvalue weighted by Crippen LogP contribution is 2.35. The van der Waals surface area contributed by atoms with Crippen molar-refractivity contribution in [3.8, 4) is 24.3 Å². The van der Waals surface area contributed by atoms with E-state index in [-0.39, 0.29) is 44.6 Å². The van der Waals surface area contributed by atoms with E-state index < -0.39 is 0 Å². The first kappa shape index (κ1) is 20.6. The summed E-state index contributed by atoms with van der Waals surface area (Å²) in [5, 5.41) is 39.0. The lowest BCUT2D eigenvalue weighted by Gasteiger charge is -2.08. The lowest BCUT2D eigenvalue weighted by atomic mass is 10.1. The molecule has 0 radical (unpaired) electrons. The third kappa shape index (κ3) is 3.05. The average molecular weight is 466 g/mol. The first-order chi connectivity index (χ1) is 17.6. The molecule has 36 heavy (non-hydrogen) atoms. The van der Waals surface area contributed by atoms with Gasteiger partial charge in [-0.3, -0.25) is 0 Å². The van der Waals surface area contributed by atoms with Crippen molar-refractivity contribution in [2.45, 2.75) is 0 Å². The van der Waals surface area contributed by atoms with Crippen molar-refractivity contribution in [3.63, 3.8) is 0 Å². The molecule has 0 spiro atoms. The van der Waals surface area contributed by atoms with Crippen LogP contribution >= 0.6 is 0 Å². The number of benzene rings is 4. The van der Waals surface area contributed by atoms with Crippen molar-refractivity contribution in [2.24, 2.45) is 0 Å². The van der Waals surface area contributed by atoms with Crippen LogP contribution in [0.25, 0.3) is 55.4 Å². The minimum atomic E-state index is 0.152. The molecule has 0 bridgehead atoms. The van der Waals surface area contributed by atoms with E-state index in [0.717, 1.165) is 0 Å². The summed E-state index contributed by atoms with van der Waals surface area (Å²) in [5.74, 6) is 0. The van der Waals surface area contributed by atoms with Crippen LogP contribution in [0.4, 0.5) is 0 Å². The maximum Gasteiger partial charge on any atom is 0.171 e. The van der Waals surface area contributed by atoms with E-state index in [9.17, 15) is 21.0 Å². The summed E-state index contributed by atoms with van der Waals surface area (Å²) >= 11 is 0. The Bertz CT molecular complexity index is 1860. The normalized spacial score (nSPS) is 10.7. The molecule has 0 saturated carbocycles. The molecule has 8 nitrogen and oxygen atoms in total. The largest absolute Gasteiger partial charge is 0.453 e. The average Bonchev–Trinajstić information content (AvgIpc) is 2.88. The van der Waals surface area contributed by atoms with E-state index in [0.29, 0.717) is 33.1 Å². The van der Waals surface area contributed by atoms with Crippen LogP contribution in [0.1, 0.15) is 22.3 Å². The molecule has 166 valence electrons. The lowest BCUT2D eigenvalue weighted by molar-refractivity contribution is 0.605. The minimum Gasteiger partial charge on any atom is -0.453 e. The summed E-state index contributed by atoms with van der Waals surface area (Å²) in [6, 6.07) is 24.3. The standard InChI is InChI=1S/C28H10N4O4/c29-11-15-7-23-25(9-17(15)13-31)35-21-5-2-6-22-28(21)27-19(33-23)3-1-4-20(27)34-24-8-16(12-30)18(14-32)10-26(24)36-22/h1-10H. The molecule has 6 aromatic rings. The second-order valence-corrected chi connectivity index (χ2v) is 7.80. The molecular weight excluding hydrogens is 456 g/mol. The lowest BCUT2D eigenvalue weighted by Crippen LogP contribution is -1.87. The summed E-state index contributed by atoms with van der Waals surface area (Å²) in [4.78, 5) is 0. The smallest absolute Gasteiger partial charge is 0.171 e. The zero-order valence-corrected chi connectivity index (χ0v) is 18.2. The van der Waals surface area contributed by atoms with E-state index in [2.05, 4.69) is 0 Å². The summed E-state index contributed by atoms with van der Waals surface area (Å²) < 4.78 is 24.8. The Hall–Kier alpha value is -5.96. The number of rotatable bonds is 0. The van der Waals surface area contributed by atoms with E-state index in [1.807, 2.05) is 24.3 Å². The van der Waals surface area contributed by atoms with Gasteiger partial charge in [0.25, 0.3) is 0 Å². The van der Waals surface area contributed by atoms with Gasteiger partial charge in [0.15, 0.2) is 22.3 Å². The molecule has 4 aromatic carbocycles. The van der Waals surface area contributed by atoms with E-state index in [1.54, 1.807) is 36.4 Å². The molecule has 0 aliphatic rings. The fraction of sp³-hybridized carbons (Fsp3) is 0. The zero-order chi connectivity index (χ0) is 24.8. The van der Waals surface area contributed by atoms with Crippen LogP contribution in [0.5, 0.6) is 0 Å². The van der Waals surface area contributed by atoms with Crippen LogP contribution in [0.15, 0.2) is 78.3 Å². The van der Waals surface area contributed by atoms with Gasteiger partial charge in [0.05, 0.1) is 33.0 Å². The summed E-state index contributed by atoms with van der Waals surface area (Å²) in [6.07, 6.45) is 0. The molecule has 0 saturated heterocycles. The van der Waals surface area contributed by atoms with Crippen molar-refractivity contribution < 1.29 is 17.7 Å². The SMILES string of the molecule is N#Cc1cc2oc3cccc4oc5cc(C#N)c(C#N)cc5oc5cccc(oc2cc1C#N)c5c34. The Morgan fingerprint density at radius 3 is 0.861 bits per heavy atom. The van der Waals surface area contributed by atoms with Crippen molar-refractivity contribution in [1.82, 2.24) is 0 Å². The number of hydrogen-bond acceptors (Lipinski definition) is 8. The van der Waals surface area contributed by atoms with Crippen LogP contribution in [-0.2, 0) is 0 Å². The Kier molecular flexibility index (Phi) is 4.48. The monoisotopic (exact) mass is 466 g/mol. The summed E-state index contributed by atoms with van der Waals surface area (Å²) in [7, 11) is 0. The molecule has 8 heteroatoms. The van der Waals surface area contributed by atoms with Gasteiger partial charge in [0.1, 0.15) is 46.6 Å². The predicted molar refractivity (Wildman–Crippen MR) is 128 cm³/mol. The fourth-order valence-electron chi connectivity index (χ4n) is 4.14. The number of nitrogens with zero attached hydrogens (tertiary/aromatic N) is 4. The van der Waals surface area contributed by atoms with Crippen molar-refractivity contribution in [2.75, 3.05) is 0 Å². The van der Waals surface area contributed by atoms with Crippen LogP contribution in [0, 0.1) is 45.3 Å². The van der Waals surface area contributed by atoms with Crippen molar-refractivity contribution in [3.05, 3.63) is 82.9 Å². The van der Waals surface area contributed by atoms with Gasteiger partial charge in [-0.25, -0.2) is 0 Å². The second-order valence-electron chi connectivity index (χ2n) is 7.80. The quantitative estimate of drug-likeness (QED) is 0.232. The molecule has 0 fully saturated rings. The van der Waals surface area contributed by atoms with E-state index in [1.165, 1.54) is 24.3 Å². The van der Waals surface area contributed by atoms with Gasteiger partial charge in [0, 0.05) is 24.3 Å². The Labute approximate surface area is 201 Å². The Balaban J connectivity index is 1.93. The summed E-state index contributed by atoms with van der Waals surface area (Å²) in [6.45, 7) is 0. The van der Waals surface area contributed by atoms with Gasteiger partial charge in [-0.15, -0.1) is 0 Å². The molecule has 0 atom stereocenters. The maximum absolute atomic E-state index is 9.48. The summed E-state index contributed by atoms with van der Waals surface area (Å²) in [5.41, 5.74) is 3.23. The Morgan fingerprint density at radius 1 is 0.389 bits per heavy atom. The van der Waals surface area contributed by atoms with Gasteiger partial charge in [-0.1, -0.05) is 12.1 Å². The van der Waals surface area contributed by atoms with Gasteiger partial charge < -0.3 is 17.7 Å². The topological polar surface area (TPSA) is 148 Å². The molecule has 0 aliphatic carbocycles. The number of hydrogen-bond donors (Lipinski definition) is 0. The van der Waals surface area contributed by atoms with Gasteiger partial charge in [-0.2, -0.15) is 21.0 Å². The highest BCUT2D eigenvalue weighted by Gasteiger charge is 2.15. The van der Waals surface area contributed by atoms with Crippen LogP contribution in [-0.4, -0.2) is 0 Å². The van der Waals surface area contributed by atoms with Gasteiger partial charge >= 0.3 is 0 Å². The first-order valence-corrected chi connectivity index (χ1v) is 10.6.